The maximum atomic E-state index is 12.6. The molecule has 0 aliphatic heterocycles. The molecular weight excluding hydrogens is 400 g/mol. The first-order valence-electron chi connectivity index (χ1n) is 10.7. The highest BCUT2D eigenvalue weighted by atomic mass is 16.2. The Balaban J connectivity index is 1.57. The molecule has 0 bridgehead atoms. The van der Waals surface area contributed by atoms with Gasteiger partial charge in [0.05, 0.1) is 11.2 Å². The molecule has 1 N–H and O–H groups in total. The number of carbonyl (C=O) groups is 2. The topological polar surface area (TPSA) is 76.9 Å². The van der Waals surface area contributed by atoms with Crippen molar-refractivity contribution in [3.8, 4) is 5.82 Å². The molecule has 0 aliphatic carbocycles. The average molecular weight is 427 g/mol. The van der Waals surface area contributed by atoms with E-state index < -0.39 is 0 Å². The number of Topliss-reactive ketones (excluding diaryl/α,β-unsaturated/α-hetero) is 1. The molecule has 0 saturated carbocycles. The molecule has 1 amide bonds. The molecule has 4 rings (SSSR count). The lowest BCUT2D eigenvalue weighted by Crippen LogP contribution is -2.16. The van der Waals surface area contributed by atoms with E-state index in [1.807, 2.05) is 38.1 Å². The maximum Gasteiger partial charge on any atom is 0.225 e. The highest BCUT2D eigenvalue weighted by molar-refractivity contribution is 5.99. The SMILES string of the molecule is Cc1cc(C)c2nc(-n3nc(C)cc3NC(=O)CCC(=O)c3ccccc3)cc(C)c2c1. The lowest BCUT2D eigenvalue weighted by molar-refractivity contribution is -0.116. The Morgan fingerprint density at radius 1 is 0.906 bits per heavy atom. The summed E-state index contributed by atoms with van der Waals surface area (Å²) >= 11 is 0. The number of nitrogens with zero attached hydrogens (tertiary/aromatic N) is 3. The summed E-state index contributed by atoms with van der Waals surface area (Å²) in [5.41, 5.74) is 5.68. The molecule has 0 atom stereocenters. The molecule has 0 radical (unpaired) electrons. The molecule has 6 heteroatoms. The minimum absolute atomic E-state index is 0.0528. The summed E-state index contributed by atoms with van der Waals surface area (Å²) in [6, 6.07) is 17.0. The van der Waals surface area contributed by atoms with Crippen molar-refractivity contribution in [1.82, 2.24) is 14.8 Å². The summed E-state index contributed by atoms with van der Waals surface area (Å²) in [6.07, 6.45) is 0.245. The zero-order valence-corrected chi connectivity index (χ0v) is 18.8. The number of amides is 1. The van der Waals surface area contributed by atoms with Crippen molar-refractivity contribution in [2.75, 3.05) is 5.32 Å². The van der Waals surface area contributed by atoms with Gasteiger partial charge in [-0.2, -0.15) is 9.78 Å². The van der Waals surface area contributed by atoms with Gasteiger partial charge in [-0.3, -0.25) is 9.59 Å². The molecule has 0 aliphatic rings. The van der Waals surface area contributed by atoms with Crippen LogP contribution in [0.25, 0.3) is 16.7 Å². The minimum atomic E-state index is -0.236. The average Bonchev–Trinajstić information content (AvgIpc) is 3.13. The van der Waals surface area contributed by atoms with Gasteiger partial charge in [0.1, 0.15) is 5.82 Å². The van der Waals surface area contributed by atoms with Crippen LogP contribution in [0.2, 0.25) is 0 Å². The first-order valence-corrected chi connectivity index (χ1v) is 10.7. The minimum Gasteiger partial charge on any atom is -0.311 e. The van der Waals surface area contributed by atoms with Crippen molar-refractivity contribution in [2.24, 2.45) is 0 Å². The van der Waals surface area contributed by atoms with Crippen LogP contribution in [0.3, 0.4) is 0 Å². The number of ketones is 1. The van der Waals surface area contributed by atoms with Crippen molar-refractivity contribution in [3.63, 3.8) is 0 Å². The van der Waals surface area contributed by atoms with Crippen molar-refractivity contribution >= 4 is 28.4 Å². The van der Waals surface area contributed by atoms with E-state index in [4.69, 9.17) is 4.98 Å². The number of rotatable bonds is 6. The molecule has 32 heavy (non-hydrogen) atoms. The van der Waals surface area contributed by atoms with Gasteiger partial charge in [-0.15, -0.1) is 0 Å². The molecule has 6 nitrogen and oxygen atoms in total. The Bertz CT molecular complexity index is 1320. The van der Waals surface area contributed by atoms with Gasteiger partial charge in [-0.05, 0) is 51.0 Å². The smallest absolute Gasteiger partial charge is 0.225 e. The fourth-order valence-corrected chi connectivity index (χ4v) is 3.90. The van der Waals surface area contributed by atoms with Crippen LogP contribution in [0.5, 0.6) is 0 Å². The number of pyridine rings is 1. The summed E-state index contributed by atoms with van der Waals surface area (Å²) in [6.45, 7) is 8.04. The van der Waals surface area contributed by atoms with Crippen LogP contribution >= 0.6 is 0 Å². The predicted molar refractivity (Wildman–Crippen MR) is 126 cm³/mol. The molecule has 0 spiro atoms. The van der Waals surface area contributed by atoms with Crippen LogP contribution in [0.15, 0.2) is 54.6 Å². The number of benzene rings is 2. The van der Waals surface area contributed by atoms with Crippen molar-refractivity contribution in [2.45, 2.75) is 40.5 Å². The van der Waals surface area contributed by atoms with E-state index >= 15 is 0 Å². The fourth-order valence-electron chi connectivity index (χ4n) is 3.90. The van der Waals surface area contributed by atoms with Gasteiger partial charge in [-0.1, -0.05) is 42.0 Å². The molecule has 0 saturated heterocycles. The largest absolute Gasteiger partial charge is 0.311 e. The summed E-state index contributed by atoms with van der Waals surface area (Å²) in [4.78, 5) is 29.7. The Morgan fingerprint density at radius 2 is 1.66 bits per heavy atom. The van der Waals surface area contributed by atoms with Crippen LogP contribution in [0, 0.1) is 27.7 Å². The quantitative estimate of drug-likeness (QED) is 0.427. The van der Waals surface area contributed by atoms with Gasteiger partial charge in [0.2, 0.25) is 5.91 Å². The van der Waals surface area contributed by atoms with E-state index in [0.717, 1.165) is 27.7 Å². The van der Waals surface area contributed by atoms with Gasteiger partial charge in [-0.25, -0.2) is 4.98 Å². The number of nitrogens with one attached hydrogen (secondary N) is 1. The lowest BCUT2D eigenvalue weighted by Gasteiger charge is -2.12. The van der Waals surface area contributed by atoms with Crippen molar-refractivity contribution in [1.29, 1.82) is 0 Å². The molecule has 2 aromatic carbocycles. The van der Waals surface area contributed by atoms with E-state index in [1.165, 1.54) is 5.56 Å². The second kappa shape index (κ2) is 8.75. The number of hydrogen-bond donors (Lipinski definition) is 1. The number of fused-ring (bicyclic) bond motifs is 1. The second-order valence-electron chi connectivity index (χ2n) is 8.20. The summed E-state index contributed by atoms with van der Waals surface area (Å²) in [5.74, 6) is 0.893. The van der Waals surface area contributed by atoms with Crippen LogP contribution in [0.4, 0.5) is 5.82 Å². The van der Waals surface area contributed by atoms with E-state index in [1.54, 1.807) is 22.9 Å². The Hall–Kier alpha value is -3.80. The highest BCUT2D eigenvalue weighted by Gasteiger charge is 2.15. The summed E-state index contributed by atoms with van der Waals surface area (Å²) in [7, 11) is 0. The number of hydrogen-bond acceptors (Lipinski definition) is 4. The molecule has 0 fully saturated rings. The molecule has 2 heterocycles. The maximum absolute atomic E-state index is 12.6. The second-order valence-corrected chi connectivity index (χ2v) is 8.20. The number of aryl methyl sites for hydroxylation is 4. The standard InChI is InChI=1S/C26H26N4O2/c1-16-12-18(3)26-21(13-16)17(2)14-23(28-26)30-24(15-19(4)29-30)27-25(32)11-10-22(31)20-8-6-5-7-9-20/h5-9,12-15H,10-11H2,1-4H3,(H,27,32). The lowest BCUT2D eigenvalue weighted by atomic mass is 10.0. The van der Waals surface area contributed by atoms with E-state index in [0.29, 0.717) is 17.2 Å². The third kappa shape index (κ3) is 4.44. The van der Waals surface area contributed by atoms with Crippen molar-refractivity contribution < 1.29 is 9.59 Å². The molecular formula is C26H26N4O2. The summed E-state index contributed by atoms with van der Waals surface area (Å²) in [5, 5.41) is 8.55. The zero-order valence-electron chi connectivity index (χ0n) is 18.8. The fraction of sp³-hybridized carbons (Fsp3) is 0.231. The Kier molecular flexibility index (Phi) is 5.86. The van der Waals surface area contributed by atoms with Crippen LogP contribution < -0.4 is 5.32 Å². The van der Waals surface area contributed by atoms with Gasteiger partial charge in [0.15, 0.2) is 11.6 Å². The first-order chi connectivity index (χ1) is 15.3. The van der Waals surface area contributed by atoms with Crippen molar-refractivity contribution in [3.05, 3.63) is 82.5 Å². The van der Waals surface area contributed by atoms with E-state index in [-0.39, 0.29) is 24.5 Å². The Morgan fingerprint density at radius 3 is 2.41 bits per heavy atom. The molecule has 2 aromatic heterocycles. The third-order valence-electron chi connectivity index (χ3n) is 5.43. The van der Waals surface area contributed by atoms with Crippen LogP contribution in [-0.2, 0) is 4.79 Å². The van der Waals surface area contributed by atoms with Gasteiger partial charge < -0.3 is 5.32 Å². The number of carbonyl (C=O) groups excluding carboxylic acids is 2. The number of anilines is 1. The predicted octanol–water partition coefficient (Wildman–Crippen LogP) is 5.26. The molecule has 4 aromatic rings. The van der Waals surface area contributed by atoms with Crippen LogP contribution in [-0.4, -0.2) is 26.5 Å². The van der Waals surface area contributed by atoms with Gasteiger partial charge >= 0.3 is 0 Å². The Labute approximate surface area is 187 Å². The van der Waals surface area contributed by atoms with E-state index in [2.05, 4.69) is 36.4 Å². The third-order valence-corrected chi connectivity index (χ3v) is 5.43. The van der Waals surface area contributed by atoms with E-state index in [9.17, 15) is 9.59 Å². The van der Waals surface area contributed by atoms with Gasteiger partial charge in [0, 0.05) is 29.9 Å². The summed E-state index contributed by atoms with van der Waals surface area (Å²) < 4.78 is 1.65. The molecule has 0 unspecified atom stereocenters. The highest BCUT2D eigenvalue weighted by Crippen LogP contribution is 2.26. The zero-order chi connectivity index (χ0) is 22.8. The monoisotopic (exact) mass is 426 g/mol. The molecule has 162 valence electrons. The first kappa shape index (κ1) is 21.4. The van der Waals surface area contributed by atoms with Crippen LogP contribution in [0.1, 0.15) is 45.6 Å². The van der Waals surface area contributed by atoms with Gasteiger partial charge in [0.25, 0.3) is 0 Å². The normalized spacial score (nSPS) is 11.0. The number of aromatic nitrogens is 3.